The molecule has 0 saturated heterocycles. The van der Waals surface area contributed by atoms with Crippen molar-refractivity contribution in [1.29, 1.82) is 0 Å². The molecule has 7 nitrogen and oxygen atoms in total. The van der Waals surface area contributed by atoms with Crippen LogP contribution in [-0.4, -0.2) is 56.9 Å². The third kappa shape index (κ3) is 3.19. The maximum absolute atomic E-state index is 4.48. The van der Waals surface area contributed by atoms with Crippen molar-refractivity contribution in [3.05, 3.63) is 18.5 Å². The molecule has 0 radical (unpaired) electrons. The highest BCUT2D eigenvalue weighted by Gasteiger charge is 2.15. The van der Waals surface area contributed by atoms with Gasteiger partial charge in [0, 0.05) is 38.3 Å². The summed E-state index contributed by atoms with van der Waals surface area (Å²) in [5, 5.41) is 7.12. The lowest BCUT2D eigenvalue weighted by molar-refractivity contribution is 0.720. The molecule has 0 spiro atoms. The molecule has 0 fully saturated rings. The van der Waals surface area contributed by atoms with E-state index in [-0.39, 0.29) is 0 Å². The van der Waals surface area contributed by atoms with E-state index in [1.54, 1.807) is 29.7 Å². The van der Waals surface area contributed by atoms with Gasteiger partial charge in [-0.1, -0.05) is 0 Å². The Morgan fingerprint density at radius 1 is 1.40 bits per heavy atom. The summed E-state index contributed by atoms with van der Waals surface area (Å²) in [7, 11) is 3.78. The lowest BCUT2D eigenvalue weighted by atomic mass is 10.3. The first-order valence-electron chi connectivity index (χ1n) is 6.31. The molecule has 2 heterocycles. The second-order valence-corrected chi connectivity index (χ2v) is 5.29. The Kier molecular flexibility index (Phi) is 4.78. The zero-order chi connectivity index (χ0) is 14.5. The summed E-state index contributed by atoms with van der Waals surface area (Å²) in [6, 6.07) is 2.17. The minimum Gasteiger partial charge on any atom is -0.357 e. The smallest absolute Gasteiger partial charge is 0.257 e. The van der Waals surface area contributed by atoms with E-state index in [4.69, 9.17) is 0 Å². The molecule has 0 aliphatic heterocycles. The van der Waals surface area contributed by atoms with Crippen LogP contribution in [0.25, 0.3) is 5.95 Å². The largest absolute Gasteiger partial charge is 0.357 e. The van der Waals surface area contributed by atoms with E-state index in [1.165, 1.54) is 0 Å². The van der Waals surface area contributed by atoms with Crippen molar-refractivity contribution >= 4 is 23.7 Å². The Labute approximate surface area is 122 Å². The predicted octanol–water partition coefficient (Wildman–Crippen LogP) is 1.29. The molecular formula is C12H19N7S. The first kappa shape index (κ1) is 14.6. The van der Waals surface area contributed by atoms with E-state index in [0.29, 0.717) is 23.9 Å². The van der Waals surface area contributed by atoms with Crippen molar-refractivity contribution in [2.45, 2.75) is 13.0 Å². The van der Waals surface area contributed by atoms with Gasteiger partial charge in [-0.05, 0) is 19.2 Å². The molecule has 20 heavy (non-hydrogen) atoms. The number of rotatable bonds is 6. The van der Waals surface area contributed by atoms with Gasteiger partial charge in [-0.3, -0.25) is 0 Å². The van der Waals surface area contributed by atoms with Crippen LogP contribution < -0.4 is 10.2 Å². The quantitative estimate of drug-likeness (QED) is 0.860. The fourth-order valence-corrected chi connectivity index (χ4v) is 2.37. The normalized spacial score (nSPS) is 12.2. The molecule has 8 heteroatoms. The molecule has 0 aliphatic rings. The third-order valence-electron chi connectivity index (χ3n) is 2.93. The molecule has 1 N–H and O–H groups in total. The number of thioether (sulfide) groups is 1. The topological polar surface area (TPSA) is 71.8 Å². The van der Waals surface area contributed by atoms with Gasteiger partial charge in [0.05, 0.1) is 0 Å². The SMILES string of the molecule is CNc1nc(N(C)C(C)CSC)nc(-n2cccn2)n1. The van der Waals surface area contributed by atoms with E-state index in [9.17, 15) is 0 Å². The Balaban J connectivity index is 2.35. The molecule has 1 atom stereocenters. The highest BCUT2D eigenvalue weighted by atomic mass is 32.2. The van der Waals surface area contributed by atoms with E-state index in [1.807, 2.05) is 24.2 Å². The van der Waals surface area contributed by atoms with Gasteiger partial charge < -0.3 is 10.2 Å². The maximum atomic E-state index is 4.48. The van der Waals surface area contributed by atoms with Crippen LogP contribution in [-0.2, 0) is 0 Å². The van der Waals surface area contributed by atoms with Crippen molar-refractivity contribution in [3.8, 4) is 5.95 Å². The van der Waals surface area contributed by atoms with Gasteiger partial charge in [-0.25, -0.2) is 4.68 Å². The van der Waals surface area contributed by atoms with Crippen LogP contribution in [0.5, 0.6) is 0 Å². The molecule has 2 rings (SSSR count). The highest BCUT2D eigenvalue weighted by molar-refractivity contribution is 7.98. The average molecular weight is 293 g/mol. The van der Waals surface area contributed by atoms with E-state index in [2.05, 4.69) is 38.5 Å². The van der Waals surface area contributed by atoms with E-state index in [0.717, 1.165) is 5.75 Å². The molecule has 0 aromatic carbocycles. The van der Waals surface area contributed by atoms with Crippen molar-refractivity contribution in [1.82, 2.24) is 24.7 Å². The molecule has 0 aliphatic carbocycles. The molecule has 108 valence electrons. The maximum Gasteiger partial charge on any atom is 0.257 e. The van der Waals surface area contributed by atoms with Crippen molar-refractivity contribution in [2.24, 2.45) is 0 Å². The van der Waals surface area contributed by atoms with Crippen molar-refractivity contribution in [2.75, 3.05) is 36.3 Å². The van der Waals surface area contributed by atoms with Crippen LogP contribution in [0.4, 0.5) is 11.9 Å². The van der Waals surface area contributed by atoms with Crippen molar-refractivity contribution < 1.29 is 0 Å². The molecule has 0 saturated carbocycles. The summed E-state index contributed by atoms with van der Waals surface area (Å²) in [5.74, 6) is 2.68. The minimum atomic E-state index is 0.336. The second-order valence-electron chi connectivity index (χ2n) is 4.37. The Morgan fingerprint density at radius 3 is 2.80 bits per heavy atom. The first-order valence-corrected chi connectivity index (χ1v) is 7.70. The van der Waals surface area contributed by atoms with Crippen molar-refractivity contribution in [3.63, 3.8) is 0 Å². The summed E-state index contributed by atoms with van der Waals surface area (Å²) in [5.41, 5.74) is 0. The molecule has 2 aromatic heterocycles. The van der Waals surface area contributed by atoms with Gasteiger partial charge in [0.25, 0.3) is 5.95 Å². The number of hydrogen-bond acceptors (Lipinski definition) is 7. The molecule has 1 unspecified atom stereocenters. The van der Waals surface area contributed by atoms with Crippen LogP contribution in [0.15, 0.2) is 18.5 Å². The van der Waals surface area contributed by atoms with Crippen LogP contribution >= 0.6 is 11.8 Å². The molecule has 2 aromatic rings. The Hall–Kier alpha value is -1.83. The number of nitrogens with one attached hydrogen (secondary N) is 1. The molecule has 0 amide bonds. The summed E-state index contributed by atoms with van der Waals surface area (Å²) in [4.78, 5) is 15.3. The third-order valence-corrected chi connectivity index (χ3v) is 3.74. The molecular weight excluding hydrogens is 274 g/mol. The van der Waals surface area contributed by atoms with E-state index < -0.39 is 0 Å². The summed E-state index contributed by atoms with van der Waals surface area (Å²) < 4.78 is 1.62. The van der Waals surface area contributed by atoms with Crippen LogP contribution in [0, 0.1) is 0 Å². The zero-order valence-electron chi connectivity index (χ0n) is 12.1. The Bertz CT molecular complexity index is 543. The number of anilines is 2. The fraction of sp³-hybridized carbons (Fsp3) is 0.500. The monoisotopic (exact) mass is 293 g/mol. The van der Waals surface area contributed by atoms with Gasteiger partial charge >= 0.3 is 0 Å². The van der Waals surface area contributed by atoms with Gasteiger partial charge in [0.1, 0.15) is 0 Å². The first-order chi connectivity index (χ1) is 9.65. The van der Waals surface area contributed by atoms with E-state index >= 15 is 0 Å². The van der Waals surface area contributed by atoms with Crippen LogP contribution in [0.2, 0.25) is 0 Å². The van der Waals surface area contributed by atoms with Crippen LogP contribution in [0.3, 0.4) is 0 Å². The van der Waals surface area contributed by atoms with Gasteiger partial charge in [-0.2, -0.15) is 31.8 Å². The summed E-state index contributed by atoms with van der Waals surface area (Å²) >= 11 is 1.80. The van der Waals surface area contributed by atoms with Gasteiger partial charge in [0.15, 0.2) is 0 Å². The number of nitrogens with zero attached hydrogens (tertiary/aromatic N) is 6. The average Bonchev–Trinajstić information content (AvgIpc) is 3.00. The fourth-order valence-electron chi connectivity index (χ4n) is 1.66. The minimum absolute atomic E-state index is 0.336. The second kappa shape index (κ2) is 6.56. The summed E-state index contributed by atoms with van der Waals surface area (Å²) in [6.45, 7) is 2.15. The predicted molar refractivity (Wildman–Crippen MR) is 82.7 cm³/mol. The lowest BCUT2D eigenvalue weighted by Gasteiger charge is -2.24. The van der Waals surface area contributed by atoms with Gasteiger partial charge in [-0.15, -0.1) is 0 Å². The highest BCUT2D eigenvalue weighted by Crippen LogP contribution is 2.15. The Morgan fingerprint density at radius 2 is 2.20 bits per heavy atom. The number of aromatic nitrogens is 5. The standard InChI is InChI=1S/C12H19N7S/c1-9(8-20-4)18(3)11-15-10(13-2)16-12(17-11)19-7-5-6-14-19/h5-7,9H,8H2,1-4H3,(H,13,15,16,17). The zero-order valence-corrected chi connectivity index (χ0v) is 12.9. The summed E-state index contributed by atoms with van der Waals surface area (Å²) in [6.07, 6.45) is 5.60. The molecule has 0 bridgehead atoms. The lowest BCUT2D eigenvalue weighted by Crippen LogP contribution is -2.33. The van der Waals surface area contributed by atoms with Gasteiger partial charge in [0.2, 0.25) is 11.9 Å². The number of hydrogen-bond donors (Lipinski definition) is 1. The van der Waals surface area contributed by atoms with Crippen LogP contribution in [0.1, 0.15) is 6.92 Å².